The number of nitrogens with zero attached hydrogens (tertiary/aromatic N) is 1. The van der Waals surface area contributed by atoms with Gasteiger partial charge in [-0.05, 0) is 24.6 Å². The molecule has 2 heteroatoms. The molecule has 23 heavy (non-hydrogen) atoms. The summed E-state index contributed by atoms with van der Waals surface area (Å²) >= 11 is 0. The summed E-state index contributed by atoms with van der Waals surface area (Å²) in [5.74, 6) is 0.514. The quantitative estimate of drug-likeness (QED) is 0.809. The van der Waals surface area contributed by atoms with Crippen molar-refractivity contribution in [1.82, 2.24) is 4.90 Å². The number of hydrogen-bond donors (Lipinski definition) is 0. The average molecular weight is 307 g/mol. The highest BCUT2D eigenvalue weighted by atomic mass is 16.1. The third-order valence-electron chi connectivity index (χ3n) is 5.04. The average Bonchev–Trinajstić information content (AvgIpc) is 2.60. The van der Waals surface area contributed by atoms with Gasteiger partial charge in [0, 0.05) is 24.4 Å². The molecule has 0 amide bonds. The molecule has 1 saturated heterocycles. The number of hydrogen-bond acceptors (Lipinski definition) is 2. The molecule has 0 unspecified atom stereocenters. The van der Waals surface area contributed by atoms with Crippen LogP contribution in [0.15, 0.2) is 60.7 Å². The second kappa shape index (κ2) is 7.10. The molecule has 1 heterocycles. The van der Waals surface area contributed by atoms with Crippen LogP contribution in [0.25, 0.3) is 0 Å². The summed E-state index contributed by atoms with van der Waals surface area (Å²) in [6.07, 6.45) is 2.63. The zero-order chi connectivity index (χ0) is 16.2. The molecule has 3 rings (SSSR count). The summed E-state index contributed by atoms with van der Waals surface area (Å²) in [4.78, 5) is 15.3. The molecule has 2 nitrogen and oxygen atoms in total. The lowest BCUT2D eigenvalue weighted by Crippen LogP contribution is -2.43. The van der Waals surface area contributed by atoms with E-state index >= 15 is 0 Å². The molecule has 0 spiro atoms. The monoisotopic (exact) mass is 307 g/mol. The third kappa shape index (κ3) is 3.23. The SMILES string of the molecule is CCC[C@H]1C(=O)C[C@@H](c2ccccc2)N(C)[C@@H]1c1ccccc1. The molecule has 0 bridgehead atoms. The van der Waals surface area contributed by atoms with Gasteiger partial charge in [0.1, 0.15) is 5.78 Å². The number of benzene rings is 2. The molecular formula is C21H25NO. The fourth-order valence-corrected chi connectivity index (χ4v) is 3.92. The number of ketones is 1. The maximum atomic E-state index is 12.9. The first-order valence-electron chi connectivity index (χ1n) is 8.57. The maximum Gasteiger partial charge on any atom is 0.139 e. The van der Waals surface area contributed by atoms with Crippen molar-refractivity contribution < 1.29 is 4.79 Å². The Bertz CT molecular complexity index is 637. The Kier molecular flexibility index (Phi) is 4.92. The van der Waals surface area contributed by atoms with Crippen LogP contribution in [-0.4, -0.2) is 17.7 Å². The summed E-state index contributed by atoms with van der Waals surface area (Å²) < 4.78 is 0. The van der Waals surface area contributed by atoms with Crippen LogP contribution in [0, 0.1) is 5.92 Å². The highest BCUT2D eigenvalue weighted by Crippen LogP contribution is 2.43. The van der Waals surface area contributed by atoms with Gasteiger partial charge in [0.15, 0.2) is 0 Å². The summed E-state index contributed by atoms with van der Waals surface area (Å²) in [5, 5.41) is 0. The molecule has 120 valence electrons. The van der Waals surface area contributed by atoms with Crippen molar-refractivity contribution in [2.24, 2.45) is 5.92 Å². The van der Waals surface area contributed by atoms with Crippen molar-refractivity contribution in [1.29, 1.82) is 0 Å². The van der Waals surface area contributed by atoms with Crippen LogP contribution in [0.4, 0.5) is 0 Å². The molecule has 0 radical (unpaired) electrons. The van der Waals surface area contributed by atoms with Crippen molar-refractivity contribution in [2.45, 2.75) is 38.3 Å². The number of rotatable bonds is 4. The minimum atomic E-state index is 0.104. The predicted molar refractivity (Wildman–Crippen MR) is 94.2 cm³/mol. The second-order valence-corrected chi connectivity index (χ2v) is 6.51. The number of Topliss-reactive ketones (excluding diaryl/α,β-unsaturated/α-hetero) is 1. The lowest BCUT2D eigenvalue weighted by Gasteiger charge is -2.44. The Morgan fingerprint density at radius 1 is 0.957 bits per heavy atom. The van der Waals surface area contributed by atoms with Crippen LogP contribution in [0.2, 0.25) is 0 Å². The zero-order valence-electron chi connectivity index (χ0n) is 14.0. The van der Waals surface area contributed by atoms with Gasteiger partial charge in [-0.3, -0.25) is 9.69 Å². The smallest absolute Gasteiger partial charge is 0.139 e. The van der Waals surface area contributed by atoms with Crippen LogP contribution < -0.4 is 0 Å². The summed E-state index contributed by atoms with van der Waals surface area (Å²) in [6, 6.07) is 21.3. The fraction of sp³-hybridized carbons (Fsp3) is 0.381. The van der Waals surface area contributed by atoms with E-state index in [4.69, 9.17) is 0 Å². The van der Waals surface area contributed by atoms with Crippen LogP contribution in [0.5, 0.6) is 0 Å². The summed E-state index contributed by atoms with van der Waals surface area (Å²) in [7, 11) is 2.17. The van der Waals surface area contributed by atoms with Crippen molar-refractivity contribution in [3.63, 3.8) is 0 Å². The lowest BCUT2D eigenvalue weighted by atomic mass is 9.77. The molecule has 2 aromatic rings. The molecule has 3 atom stereocenters. The van der Waals surface area contributed by atoms with E-state index in [9.17, 15) is 4.79 Å². The minimum absolute atomic E-state index is 0.104. The van der Waals surface area contributed by atoms with E-state index in [1.165, 1.54) is 11.1 Å². The first-order valence-corrected chi connectivity index (χ1v) is 8.57. The van der Waals surface area contributed by atoms with Gasteiger partial charge in [-0.1, -0.05) is 74.0 Å². The van der Waals surface area contributed by atoms with Crippen LogP contribution in [0.1, 0.15) is 49.4 Å². The topological polar surface area (TPSA) is 20.3 Å². The molecule has 1 fully saturated rings. The Hall–Kier alpha value is -1.93. The Morgan fingerprint density at radius 3 is 2.09 bits per heavy atom. The predicted octanol–water partition coefficient (Wildman–Crippen LogP) is 4.79. The molecule has 0 aliphatic carbocycles. The van der Waals surface area contributed by atoms with Gasteiger partial charge in [0.05, 0.1) is 0 Å². The van der Waals surface area contributed by atoms with Crippen molar-refractivity contribution in [3.8, 4) is 0 Å². The summed E-state index contributed by atoms with van der Waals surface area (Å²) in [6.45, 7) is 2.17. The van der Waals surface area contributed by atoms with Gasteiger partial charge in [-0.2, -0.15) is 0 Å². The number of piperidine rings is 1. The normalized spacial score (nSPS) is 25.5. The first kappa shape index (κ1) is 15.9. The Morgan fingerprint density at radius 2 is 1.52 bits per heavy atom. The largest absolute Gasteiger partial charge is 0.299 e. The van der Waals surface area contributed by atoms with E-state index in [2.05, 4.69) is 67.4 Å². The van der Waals surface area contributed by atoms with Crippen molar-refractivity contribution in [2.75, 3.05) is 7.05 Å². The summed E-state index contributed by atoms with van der Waals surface area (Å²) in [5.41, 5.74) is 2.49. The van der Waals surface area contributed by atoms with E-state index in [1.54, 1.807) is 0 Å². The van der Waals surface area contributed by atoms with Gasteiger partial charge >= 0.3 is 0 Å². The Balaban J connectivity index is 1.98. The van der Waals surface area contributed by atoms with E-state index in [0.717, 1.165) is 12.8 Å². The highest BCUT2D eigenvalue weighted by molar-refractivity contribution is 5.83. The number of carbonyl (C=O) groups is 1. The van der Waals surface area contributed by atoms with Gasteiger partial charge in [-0.15, -0.1) is 0 Å². The number of likely N-dealkylation sites (tertiary alicyclic amines) is 1. The molecule has 1 aliphatic heterocycles. The molecular weight excluding hydrogens is 282 g/mol. The number of carbonyl (C=O) groups excluding carboxylic acids is 1. The van der Waals surface area contributed by atoms with Crippen LogP contribution in [-0.2, 0) is 4.79 Å². The Labute approximate surface area is 139 Å². The van der Waals surface area contributed by atoms with Gasteiger partial charge in [-0.25, -0.2) is 0 Å². The molecule has 0 N–H and O–H groups in total. The van der Waals surface area contributed by atoms with E-state index in [0.29, 0.717) is 12.2 Å². The molecule has 0 saturated carbocycles. The van der Waals surface area contributed by atoms with Crippen molar-refractivity contribution in [3.05, 3.63) is 71.8 Å². The second-order valence-electron chi connectivity index (χ2n) is 6.51. The fourth-order valence-electron chi connectivity index (χ4n) is 3.92. The lowest BCUT2D eigenvalue weighted by molar-refractivity contribution is -0.132. The van der Waals surface area contributed by atoms with Crippen LogP contribution >= 0.6 is 0 Å². The van der Waals surface area contributed by atoms with Gasteiger partial charge in [0.2, 0.25) is 0 Å². The first-order chi connectivity index (χ1) is 11.2. The zero-order valence-corrected chi connectivity index (χ0v) is 14.0. The van der Waals surface area contributed by atoms with Gasteiger partial charge in [0.25, 0.3) is 0 Å². The van der Waals surface area contributed by atoms with Crippen LogP contribution in [0.3, 0.4) is 0 Å². The van der Waals surface area contributed by atoms with E-state index in [1.807, 2.05) is 12.1 Å². The third-order valence-corrected chi connectivity index (χ3v) is 5.04. The molecule has 2 aromatic carbocycles. The van der Waals surface area contributed by atoms with E-state index in [-0.39, 0.29) is 18.0 Å². The van der Waals surface area contributed by atoms with E-state index < -0.39 is 0 Å². The molecule has 1 aliphatic rings. The highest BCUT2D eigenvalue weighted by Gasteiger charge is 2.41. The maximum absolute atomic E-state index is 12.9. The minimum Gasteiger partial charge on any atom is -0.299 e. The van der Waals surface area contributed by atoms with Gasteiger partial charge < -0.3 is 0 Å². The molecule has 0 aromatic heterocycles. The van der Waals surface area contributed by atoms with Crippen molar-refractivity contribution >= 4 is 5.78 Å². The standard InChI is InChI=1S/C21H25NO/c1-3-10-18-20(23)15-19(16-11-6-4-7-12-16)22(2)21(18)17-13-8-5-9-14-17/h4-9,11-14,18-19,21H,3,10,15H2,1-2H3/t18-,19-,21+/m0/s1.